The largest absolute Gasteiger partial charge is 0.454 e. The van der Waals surface area contributed by atoms with Crippen LogP contribution in [-0.4, -0.2) is 76.8 Å². The number of quaternary nitrogens is 1. The fourth-order valence-electron chi connectivity index (χ4n) is 5.98. The molecular formula is C25H33ClN5O3S+. The van der Waals surface area contributed by atoms with Gasteiger partial charge in [0.25, 0.3) is 5.91 Å². The van der Waals surface area contributed by atoms with Crippen LogP contribution in [0.3, 0.4) is 0 Å². The van der Waals surface area contributed by atoms with Crippen molar-refractivity contribution in [1.82, 2.24) is 15.1 Å². The number of piperidine rings is 4. The van der Waals surface area contributed by atoms with Crippen molar-refractivity contribution in [3.05, 3.63) is 39.7 Å². The lowest BCUT2D eigenvalue weighted by Gasteiger charge is -2.52. The number of thiophene rings is 1. The number of esters is 1. The summed E-state index contributed by atoms with van der Waals surface area (Å²) in [6, 6.07) is 7.31. The first-order valence-corrected chi connectivity index (χ1v) is 13.8. The molecule has 2 bridgehead atoms. The predicted molar refractivity (Wildman–Crippen MR) is 135 cm³/mol. The van der Waals surface area contributed by atoms with Gasteiger partial charge in [0.2, 0.25) is 0 Å². The average molecular weight is 519 g/mol. The number of anilines is 1. The summed E-state index contributed by atoms with van der Waals surface area (Å²) in [6.07, 6.45) is 5.18. The summed E-state index contributed by atoms with van der Waals surface area (Å²) in [5, 5.41) is 12.9. The highest BCUT2D eigenvalue weighted by molar-refractivity contribution is 7.10. The maximum absolute atomic E-state index is 13.8. The third-order valence-corrected chi connectivity index (χ3v) is 9.35. The molecule has 35 heavy (non-hydrogen) atoms. The second-order valence-corrected chi connectivity index (χ2v) is 11.6. The number of hydrogen-bond acceptors (Lipinski definition) is 7. The molecule has 2 aromatic heterocycles. The number of rotatable bonds is 7. The molecule has 8 nitrogen and oxygen atoms in total. The number of fused-ring (bicyclic) bond motifs is 3. The Kier molecular flexibility index (Phi) is 7.12. The summed E-state index contributed by atoms with van der Waals surface area (Å²) in [6.45, 7) is 6.70. The minimum absolute atomic E-state index is 0.108. The van der Waals surface area contributed by atoms with Crippen LogP contribution in [0.4, 0.5) is 5.82 Å². The molecule has 0 radical (unpaired) electrons. The number of nitrogens with one attached hydrogen (secondary N) is 1. The van der Waals surface area contributed by atoms with Crippen LogP contribution < -0.4 is 5.32 Å². The van der Waals surface area contributed by atoms with Gasteiger partial charge in [-0.25, -0.2) is 4.79 Å². The van der Waals surface area contributed by atoms with Crippen LogP contribution >= 0.6 is 22.9 Å². The first-order chi connectivity index (χ1) is 16.9. The lowest BCUT2D eigenvalue weighted by Crippen LogP contribution is -2.66. The van der Waals surface area contributed by atoms with E-state index in [0.29, 0.717) is 29.3 Å². The Morgan fingerprint density at radius 1 is 1.20 bits per heavy atom. The average Bonchev–Trinajstić information content (AvgIpc) is 3.41. The zero-order chi connectivity index (χ0) is 24.5. The number of carbonyl (C=O) groups is 2. The minimum Gasteiger partial charge on any atom is -0.454 e. The van der Waals surface area contributed by atoms with Crippen LogP contribution in [-0.2, 0) is 19.9 Å². The Labute approximate surface area is 215 Å². The maximum Gasteiger partial charge on any atom is 0.332 e. The number of likely N-dealkylation sites (tertiary alicyclic amines) is 1. The van der Waals surface area contributed by atoms with Crippen molar-refractivity contribution in [3.63, 3.8) is 0 Å². The monoisotopic (exact) mass is 518 g/mol. The highest BCUT2D eigenvalue weighted by atomic mass is 35.5. The molecule has 0 saturated carbocycles. The molecule has 4 aliphatic heterocycles. The molecule has 1 amide bonds. The van der Waals surface area contributed by atoms with E-state index in [-0.39, 0.29) is 23.1 Å². The van der Waals surface area contributed by atoms with Gasteiger partial charge in [-0.1, -0.05) is 24.1 Å². The third kappa shape index (κ3) is 5.09. The Morgan fingerprint density at radius 2 is 1.97 bits per heavy atom. The van der Waals surface area contributed by atoms with E-state index in [1.54, 1.807) is 23.5 Å². The molecular weight excluding hydrogens is 486 g/mol. The smallest absolute Gasteiger partial charge is 0.332 e. The third-order valence-electron chi connectivity index (χ3n) is 8.07. The summed E-state index contributed by atoms with van der Waals surface area (Å²) in [5.74, 6) is 0.488. The fraction of sp³-hybridized carbons (Fsp3) is 0.600. The van der Waals surface area contributed by atoms with Crippen molar-refractivity contribution in [2.24, 2.45) is 5.92 Å². The number of carbonyl (C=O) groups excluding carboxylic acids is 2. The minimum atomic E-state index is -0.768. The van der Waals surface area contributed by atoms with Crippen LogP contribution in [0.1, 0.15) is 43.9 Å². The van der Waals surface area contributed by atoms with E-state index >= 15 is 0 Å². The fourth-order valence-corrected chi connectivity index (χ4v) is 6.98. The second kappa shape index (κ2) is 10.1. The quantitative estimate of drug-likeness (QED) is 0.444. The van der Waals surface area contributed by atoms with Crippen molar-refractivity contribution < 1.29 is 18.8 Å². The van der Waals surface area contributed by atoms with Crippen LogP contribution in [0, 0.1) is 5.92 Å². The summed E-state index contributed by atoms with van der Waals surface area (Å²) < 4.78 is 6.99. The van der Waals surface area contributed by atoms with Crippen molar-refractivity contribution >= 4 is 40.6 Å². The number of amides is 1. The number of hydrogen-bond donors (Lipinski definition) is 1. The van der Waals surface area contributed by atoms with Gasteiger partial charge in [0.1, 0.15) is 6.54 Å². The van der Waals surface area contributed by atoms with Crippen molar-refractivity contribution in [2.45, 2.75) is 50.7 Å². The van der Waals surface area contributed by atoms with Gasteiger partial charge in [0.05, 0.1) is 13.1 Å². The molecule has 6 heterocycles. The lowest BCUT2D eigenvalue weighted by atomic mass is 9.83. The zero-order valence-corrected chi connectivity index (χ0v) is 21.7. The molecule has 4 saturated heterocycles. The van der Waals surface area contributed by atoms with E-state index in [0.717, 1.165) is 56.7 Å². The second-order valence-electron chi connectivity index (χ2n) is 10.3. The molecule has 1 N–H and O–H groups in total. The molecule has 0 aromatic carbocycles. The lowest BCUT2D eigenvalue weighted by molar-refractivity contribution is -0.939. The summed E-state index contributed by atoms with van der Waals surface area (Å²) in [5.41, 5.74) is -0.768. The molecule has 6 rings (SSSR count). The van der Waals surface area contributed by atoms with Gasteiger partial charge in [-0.3, -0.25) is 9.69 Å². The Balaban J connectivity index is 1.28. The van der Waals surface area contributed by atoms with Crippen LogP contribution in [0.2, 0.25) is 5.15 Å². The van der Waals surface area contributed by atoms with E-state index in [4.69, 9.17) is 16.3 Å². The first kappa shape index (κ1) is 24.6. The van der Waals surface area contributed by atoms with E-state index < -0.39 is 5.54 Å². The SMILES string of the molecule is CC(C(=O)O[C@H]1C[N+]2(CC(=O)Nc3ccc(Cl)nn3)CCC1CC2)(c1cccs1)N1CCCCC1. The van der Waals surface area contributed by atoms with Crippen LogP contribution in [0.5, 0.6) is 0 Å². The summed E-state index contributed by atoms with van der Waals surface area (Å²) in [7, 11) is 0. The van der Waals surface area contributed by atoms with E-state index in [9.17, 15) is 9.59 Å². The molecule has 2 atom stereocenters. The van der Waals surface area contributed by atoms with Crippen LogP contribution in [0.15, 0.2) is 29.6 Å². The Morgan fingerprint density at radius 3 is 2.63 bits per heavy atom. The van der Waals surface area contributed by atoms with Gasteiger partial charge in [-0.15, -0.1) is 21.5 Å². The van der Waals surface area contributed by atoms with Gasteiger partial charge in [-0.05, 0) is 56.4 Å². The van der Waals surface area contributed by atoms with Gasteiger partial charge in [0.15, 0.2) is 29.2 Å². The summed E-state index contributed by atoms with van der Waals surface area (Å²) in [4.78, 5) is 30.0. The predicted octanol–water partition coefficient (Wildman–Crippen LogP) is 3.68. The van der Waals surface area contributed by atoms with Crippen molar-refractivity contribution in [3.8, 4) is 0 Å². The number of ether oxygens (including phenoxy) is 1. The van der Waals surface area contributed by atoms with E-state index in [1.807, 2.05) is 18.4 Å². The van der Waals surface area contributed by atoms with E-state index in [2.05, 4.69) is 26.5 Å². The highest BCUT2D eigenvalue weighted by Crippen LogP contribution is 2.39. The normalized spacial score (nSPS) is 28.3. The number of nitrogens with zero attached hydrogens (tertiary/aromatic N) is 4. The summed E-state index contributed by atoms with van der Waals surface area (Å²) >= 11 is 7.41. The molecule has 0 aliphatic carbocycles. The molecule has 188 valence electrons. The number of halogens is 1. The molecule has 1 unspecified atom stereocenters. The Bertz CT molecular complexity index is 1040. The highest BCUT2D eigenvalue weighted by Gasteiger charge is 2.51. The topological polar surface area (TPSA) is 84.4 Å². The van der Waals surface area contributed by atoms with Gasteiger partial charge in [-0.2, -0.15) is 0 Å². The standard InChI is InChI=1S/C25H32ClN5O3S/c1-25(20-6-5-15-35-20,30-11-3-2-4-12-30)24(33)34-19-16-31(13-9-18(19)10-14-31)17-23(32)27-22-8-7-21(26)28-29-22/h5-8,15,18-19H,2-4,9-14,16-17H2,1H3/p+1/t18?,19-,25?,31?/m0/s1. The van der Waals surface area contributed by atoms with Gasteiger partial charge >= 0.3 is 5.97 Å². The Hall–Kier alpha value is -2.07. The maximum atomic E-state index is 13.8. The molecule has 2 aromatic rings. The van der Waals surface area contributed by atoms with Gasteiger partial charge < -0.3 is 14.5 Å². The van der Waals surface area contributed by atoms with Crippen LogP contribution in [0.25, 0.3) is 0 Å². The van der Waals surface area contributed by atoms with E-state index in [1.165, 1.54) is 6.42 Å². The van der Waals surface area contributed by atoms with Gasteiger partial charge in [0, 0.05) is 23.6 Å². The molecule has 4 aliphatic rings. The molecule has 0 spiro atoms. The number of aromatic nitrogens is 2. The zero-order valence-electron chi connectivity index (χ0n) is 20.1. The van der Waals surface area contributed by atoms with Crippen molar-refractivity contribution in [1.29, 1.82) is 0 Å². The molecule has 4 fully saturated rings. The molecule has 10 heteroatoms. The van der Waals surface area contributed by atoms with Crippen molar-refractivity contribution in [2.75, 3.05) is 44.6 Å². The first-order valence-electron chi connectivity index (χ1n) is 12.5.